The van der Waals surface area contributed by atoms with Crippen LogP contribution >= 0.6 is 11.3 Å². The Morgan fingerprint density at radius 2 is 2.16 bits per heavy atom. The molecule has 104 valence electrons. The first-order valence-corrected chi connectivity index (χ1v) is 8.04. The van der Waals surface area contributed by atoms with Gasteiger partial charge in [-0.3, -0.25) is 4.40 Å². The molecule has 2 aromatic heterocycles. The maximum Gasteiger partial charge on any atom is 0.194 e. The smallest absolute Gasteiger partial charge is 0.194 e. The lowest BCUT2D eigenvalue weighted by Gasteiger charge is -2.20. The van der Waals surface area contributed by atoms with Gasteiger partial charge in [-0.05, 0) is 38.0 Å². The number of hydrogen-bond donors (Lipinski definition) is 1. The van der Waals surface area contributed by atoms with Crippen LogP contribution in [0, 0.1) is 25.2 Å². The SMILES string of the molecule is Cc1nc2scc(C)n2c1CNCC1(C(C)C)CC1. The van der Waals surface area contributed by atoms with E-state index in [-0.39, 0.29) is 0 Å². The molecule has 0 aromatic carbocycles. The van der Waals surface area contributed by atoms with Gasteiger partial charge in [-0.25, -0.2) is 4.98 Å². The molecule has 1 aliphatic carbocycles. The molecule has 0 spiro atoms. The molecule has 1 fully saturated rings. The van der Waals surface area contributed by atoms with Crippen LogP contribution in [0.2, 0.25) is 0 Å². The third-order valence-electron chi connectivity index (χ3n) is 4.72. The van der Waals surface area contributed by atoms with Crippen molar-refractivity contribution in [2.24, 2.45) is 11.3 Å². The Balaban J connectivity index is 1.72. The summed E-state index contributed by atoms with van der Waals surface area (Å²) in [6.45, 7) is 11.0. The average Bonchev–Trinajstić information content (AvgIpc) is 2.98. The van der Waals surface area contributed by atoms with Crippen LogP contribution in [0.4, 0.5) is 0 Å². The Hall–Kier alpha value is -0.870. The predicted octanol–water partition coefficient (Wildman–Crippen LogP) is 3.54. The van der Waals surface area contributed by atoms with E-state index in [1.807, 2.05) is 0 Å². The number of aromatic nitrogens is 2. The third-order valence-corrected chi connectivity index (χ3v) is 5.66. The Bertz CT molecular complexity index is 590. The molecule has 3 rings (SSSR count). The number of hydrogen-bond acceptors (Lipinski definition) is 3. The minimum Gasteiger partial charge on any atom is -0.311 e. The van der Waals surface area contributed by atoms with Crippen LogP contribution in [0.1, 0.15) is 43.8 Å². The number of nitrogens with zero attached hydrogens (tertiary/aromatic N) is 2. The van der Waals surface area contributed by atoms with Gasteiger partial charge in [0.15, 0.2) is 4.96 Å². The van der Waals surface area contributed by atoms with Gasteiger partial charge in [0, 0.05) is 24.2 Å². The summed E-state index contributed by atoms with van der Waals surface area (Å²) in [7, 11) is 0. The zero-order chi connectivity index (χ0) is 13.6. The van der Waals surface area contributed by atoms with Crippen molar-refractivity contribution in [1.82, 2.24) is 14.7 Å². The van der Waals surface area contributed by atoms with E-state index in [2.05, 4.69) is 47.8 Å². The molecule has 0 bridgehead atoms. The minimum absolute atomic E-state index is 0.571. The van der Waals surface area contributed by atoms with Gasteiger partial charge in [0.2, 0.25) is 0 Å². The Kier molecular flexibility index (Phi) is 3.18. The Morgan fingerprint density at radius 3 is 2.79 bits per heavy atom. The van der Waals surface area contributed by atoms with E-state index in [1.165, 1.54) is 24.2 Å². The Morgan fingerprint density at radius 1 is 1.42 bits per heavy atom. The van der Waals surface area contributed by atoms with Crippen molar-refractivity contribution < 1.29 is 0 Å². The summed E-state index contributed by atoms with van der Waals surface area (Å²) >= 11 is 1.73. The van der Waals surface area contributed by atoms with Crippen LogP contribution in [-0.4, -0.2) is 15.9 Å². The second-order valence-corrected chi connectivity index (χ2v) is 7.10. The number of aryl methyl sites for hydroxylation is 2. The molecule has 1 N–H and O–H groups in total. The van der Waals surface area contributed by atoms with Gasteiger partial charge in [0.1, 0.15) is 0 Å². The predicted molar refractivity (Wildman–Crippen MR) is 80.8 cm³/mol. The van der Waals surface area contributed by atoms with Gasteiger partial charge in [-0.2, -0.15) is 0 Å². The Labute approximate surface area is 119 Å². The van der Waals surface area contributed by atoms with Crippen LogP contribution < -0.4 is 5.32 Å². The summed E-state index contributed by atoms with van der Waals surface area (Å²) < 4.78 is 2.29. The number of nitrogens with one attached hydrogen (secondary N) is 1. The van der Waals surface area contributed by atoms with Crippen LogP contribution in [0.25, 0.3) is 4.96 Å². The molecule has 1 aliphatic rings. The van der Waals surface area contributed by atoms with Crippen molar-refractivity contribution in [2.75, 3.05) is 6.54 Å². The molecule has 2 aromatic rings. The zero-order valence-corrected chi connectivity index (χ0v) is 13.1. The largest absolute Gasteiger partial charge is 0.311 e. The molecule has 2 heterocycles. The number of rotatable bonds is 5. The normalized spacial score (nSPS) is 17.5. The molecule has 3 nitrogen and oxygen atoms in total. The maximum absolute atomic E-state index is 4.64. The van der Waals surface area contributed by atoms with Gasteiger partial charge in [0.25, 0.3) is 0 Å². The lowest BCUT2D eigenvalue weighted by molar-refractivity contribution is 0.337. The van der Waals surface area contributed by atoms with E-state index in [0.717, 1.165) is 29.7 Å². The summed E-state index contributed by atoms with van der Waals surface area (Å²) in [5.41, 5.74) is 4.36. The highest BCUT2D eigenvalue weighted by atomic mass is 32.1. The van der Waals surface area contributed by atoms with Crippen molar-refractivity contribution >= 4 is 16.3 Å². The van der Waals surface area contributed by atoms with Crippen LogP contribution in [0.3, 0.4) is 0 Å². The highest BCUT2D eigenvalue weighted by Gasteiger charge is 2.44. The minimum atomic E-state index is 0.571. The van der Waals surface area contributed by atoms with E-state index < -0.39 is 0 Å². The summed E-state index contributed by atoms with van der Waals surface area (Å²) in [5, 5.41) is 5.85. The first kappa shape index (κ1) is 13.1. The fourth-order valence-electron chi connectivity index (χ4n) is 2.92. The lowest BCUT2D eigenvalue weighted by atomic mass is 9.92. The van der Waals surface area contributed by atoms with Gasteiger partial charge in [-0.1, -0.05) is 13.8 Å². The number of fused-ring (bicyclic) bond motifs is 1. The molecular formula is C15H23N3S. The molecule has 0 amide bonds. The van der Waals surface area contributed by atoms with E-state index in [4.69, 9.17) is 0 Å². The van der Waals surface area contributed by atoms with Gasteiger partial charge in [-0.15, -0.1) is 11.3 Å². The quantitative estimate of drug-likeness (QED) is 0.906. The lowest BCUT2D eigenvalue weighted by Crippen LogP contribution is -2.27. The molecule has 1 saturated carbocycles. The van der Waals surface area contributed by atoms with E-state index in [0.29, 0.717) is 5.41 Å². The maximum atomic E-state index is 4.64. The average molecular weight is 277 g/mol. The standard InChI is InChI=1S/C15H23N3S/c1-10(2)15(5-6-15)9-16-7-13-12(4)17-14-18(13)11(3)8-19-14/h8,10,16H,5-7,9H2,1-4H3. The van der Waals surface area contributed by atoms with Crippen LogP contribution in [0.5, 0.6) is 0 Å². The van der Waals surface area contributed by atoms with Gasteiger partial charge >= 0.3 is 0 Å². The van der Waals surface area contributed by atoms with Crippen molar-refractivity contribution in [3.63, 3.8) is 0 Å². The van der Waals surface area contributed by atoms with Gasteiger partial charge < -0.3 is 5.32 Å². The number of thiazole rings is 1. The summed E-state index contributed by atoms with van der Waals surface area (Å²) in [6, 6.07) is 0. The first-order valence-electron chi connectivity index (χ1n) is 7.16. The molecule has 0 aliphatic heterocycles. The molecule has 4 heteroatoms. The highest BCUT2D eigenvalue weighted by Crippen LogP contribution is 2.51. The van der Waals surface area contributed by atoms with Crippen molar-refractivity contribution in [2.45, 2.75) is 47.1 Å². The van der Waals surface area contributed by atoms with E-state index >= 15 is 0 Å². The molecule has 0 saturated heterocycles. The molecule has 0 unspecified atom stereocenters. The zero-order valence-electron chi connectivity index (χ0n) is 12.3. The topological polar surface area (TPSA) is 29.3 Å². The van der Waals surface area contributed by atoms with Crippen molar-refractivity contribution in [1.29, 1.82) is 0 Å². The van der Waals surface area contributed by atoms with Crippen molar-refractivity contribution in [3.8, 4) is 0 Å². The second-order valence-electron chi connectivity index (χ2n) is 6.26. The van der Waals surface area contributed by atoms with Crippen molar-refractivity contribution in [3.05, 3.63) is 22.5 Å². The fourth-order valence-corrected chi connectivity index (χ4v) is 3.85. The fraction of sp³-hybridized carbons (Fsp3) is 0.667. The highest BCUT2D eigenvalue weighted by molar-refractivity contribution is 7.15. The summed E-state index contributed by atoms with van der Waals surface area (Å²) in [5.74, 6) is 0.787. The van der Waals surface area contributed by atoms with E-state index in [1.54, 1.807) is 11.3 Å². The summed E-state index contributed by atoms with van der Waals surface area (Å²) in [4.78, 5) is 5.76. The van der Waals surface area contributed by atoms with E-state index in [9.17, 15) is 0 Å². The summed E-state index contributed by atoms with van der Waals surface area (Å²) in [6.07, 6.45) is 2.77. The monoisotopic (exact) mass is 277 g/mol. The molecule has 0 radical (unpaired) electrons. The third kappa shape index (κ3) is 2.21. The molecular weight excluding hydrogens is 254 g/mol. The second kappa shape index (κ2) is 4.60. The van der Waals surface area contributed by atoms with Gasteiger partial charge in [0.05, 0.1) is 11.4 Å². The van der Waals surface area contributed by atoms with Crippen LogP contribution in [-0.2, 0) is 6.54 Å². The molecule has 0 atom stereocenters. The molecule has 19 heavy (non-hydrogen) atoms. The first-order chi connectivity index (χ1) is 9.03. The van der Waals surface area contributed by atoms with Crippen LogP contribution in [0.15, 0.2) is 5.38 Å². The number of imidazole rings is 1.